The van der Waals surface area contributed by atoms with E-state index in [4.69, 9.17) is 5.73 Å². The van der Waals surface area contributed by atoms with Crippen LogP contribution < -0.4 is 5.73 Å². The lowest BCUT2D eigenvalue weighted by Gasteiger charge is -2.32. The number of rotatable bonds is 2. The number of hydrogen-bond acceptors (Lipinski definition) is 2. The number of aromatic nitrogens is 2. The maximum atomic E-state index is 11.3. The molecule has 0 unspecified atom stereocenters. The molecule has 2 aliphatic rings. The number of hydrogen-bond donors (Lipinski definition) is 1. The first kappa shape index (κ1) is 12.6. The van der Waals surface area contributed by atoms with E-state index in [1.165, 1.54) is 16.8 Å². The Morgan fingerprint density at radius 1 is 1.19 bits per heavy atom. The zero-order valence-electron chi connectivity index (χ0n) is 11.9. The van der Waals surface area contributed by atoms with Gasteiger partial charge < -0.3 is 10.3 Å². The second kappa shape index (κ2) is 4.72. The zero-order chi connectivity index (χ0) is 14.4. The SMILES string of the molecule is NC(=O)C1CCC([C@H]2c3ccccc3-c3cncn32)CC1. The van der Waals surface area contributed by atoms with Crippen molar-refractivity contribution in [2.75, 3.05) is 0 Å². The number of nitrogens with zero attached hydrogens (tertiary/aromatic N) is 2. The van der Waals surface area contributed by atoms with E-state index < -0.39 is 0 Å². The fraction of sp³-hybridized carbons (Fsp3) is 0.412. The normalized spacial score (nSPS) is 27.1. The van der Waals surface area contributed by atoms with Gasteiger partial charge in [0.25, 0.3) is 0 Å². The van der Waals surface area contributed by atoms with Gasteiger partial charge in [-0.1, -0.05) is 24.3 Å². The minimum absolute atomic E-state index is 0.0696. The maximum Gasteiger partial charge on any atom is 0.220 e. The molecule has 108 valence electrons. The minimum atomic E-state index is -0.136. The second-order valence-electron chi connectivity index (χ2n) is 6.23. The summed E-state index contributed by atoms with van der Waals surface area (Å²) >= 11 is 0. The maximum absolute atomic E-state index is 11.3. The first-order chi connectivity index (χ1) is 10.3. The predicted octanol–water partition coefficient (Wildman–Crippen LogP) is 2.74. The van der Waals surface area contributed by atoms with Crippen molar-refractivity contribution >= 4 is 5.91 Å². The van der Waals surface area contributed by atoms with E-state index >= 15 is 0 Å². The molecule has 1 saturated carbocycles. The molecule has 0 radical (unpaired) electrons. The standard InChI is InChI=1S/C17H19N3O/c18-17(21)12-7-5-11(6-8-12)16-14-4-2-1-3-13(14)15-9-19-10-20(15)16/h1-4,9-12,16H,5-8H2,(H2,18,21)/t11?,12?,16-/m0/s1. The third kappa shape index (κ3) is 1.89. The van der Waals surface area contributed by atoms with Crippen LogP contribution >= 0.6 is 0 Å². The summed E-state index contributed by atoms with van der Waals surface area (Å²) < 4.78 is 2.31. The van der Waals surface area contributed by atoms with E-state index in [-0.39, 0.29) is 11.8 Å². The van der Waals surface area contributed by atoms with Crippen LogP contribution in [0.2, 0.25) is 0 Å². The average molecular weight is 281 g/mol. The van der Waals surface area contributed by atoms with Crippen molar-refractivity contribution in [1.82, 2.24) is 9.55 Å². The molecule has 1 aliphatic carbocycles. The second-order valence-corrected chi connectivity index (χ2v) is 6.23. The van der Waals surface area contributed by atoms with Crippen molar-refractivity contribution in [3.8, 4) is 11.3 Å². The van der Waals surface area contributed by atoms with Gasteiger partial charge in [-0.3, -0.25) is 4.79 Å². The molecular formula is C17H19N3O. The van der Waals surface area contributed by atoms with Gasteiger partial charge in [-0.25, -0.2) is 4.98 Å². The summed E-state index contributed by atoms with van der Waals surface area (Å²) in [5.74, 6) is 0.501. The highest BCUT2D eigenvalue weighted by molar-refractivity contribution is 5.76. The van der Waals surface area contributed by atoms with E-state index in [1.54, 1.807) is 0 Å². The van der Waals surface area contributed by atoms with Gasteiger partial charge in [0.2, 0.25) is 5.91 Å². The highest BCUT2D eigenvalue weighted by Gasteiger charge is 2.36. The molecule has 0 bridgehead atoms. The summed E-state index contributed by atoms with van der Waals surface area (Å²) in [4.78, 5) is 15.7. The molecule has 21 heavy (non-hydrogen) atoms. The minimum Gasteiger partial charge on any atom is -0.369 e. The Morgan fingerprint density at radius 3 is 2.71 bits per heavy atom. The van der Waals surface area contributed by atoms with Crippen LogP contribution in [0.4, 0.5) is 0 Å². The molecule has 1 atom stereocenters. The van der Waals surface area contributed by atoms with Gasteiger partial charge in [-0.05, 0) is 37.2 Å². The van der Waals surface area contributed by atoms with Crippen LogP contribution in [0.3, 0.4) is 0 Å². The number of amides is 1. The summed E-state index contributed by atoms with van der Waals surface area (Å²) in [7, 11) is 0. The number of carbonyl (C=O) groups excluding carboxylic acids is 1. The molecule has 1 aliphatic heterocycles. The van der Waals surface area contributed by atoms with Crippen molar-refractivity contribution in [1.29, 1.82) is 0 Å². The van der Waals surface area contributed by atoms with E-state index in [0.29, 0.717) is 12.0 Å². The van der Waals surface area contributed by atoms with Crippen molar-refractivity contribution < 1.29 is 4.79 Å². The van der Waals surface area contributed by atoms with Crippen LogP contribution in [0.25, 0.3) is 11.3 Å². The Morgan fingerprint density at radius 2 is 1.95 bits per heavy atom. The zero-order valence-corrected chi connectivity index (χ0v) is 11.9. The van der Waals surface area contributed by atoms with Crippen molar-refractivity contribution in [3.63, 3.8) is 0 Å². The summed E-state index contributed by atoms with van der Waals surface area (Å²) in [5.41, 5.74) is 9.37. The quantitative estimate of drug-likeness (QED) is 0.920. The summed E-state index contributed by atoms with van der Waals surface area (Å²) in [6.45, 7) is 0. The van der Waals surface area contributed by atoms with E-state index in [2.05, 4.69) is 33.8 Å². The molecule has 1 aromatic carbocycles. The molecule has 2 heterocycles. The highest BCUT2D eigenvalue weighted by Crippen LogP contribution is 2.47. The molecule has 2 aromatic rings. The topological polar surface area (TPSA) is 60.9 Å². The number of benzene rings is 1. The lowest BCUT2D eigenvalue weighted by Crippen LogP contribution is -2.30. The monoisotopic (exact) mass is 281 g/mol. The highest BCUT2D eigenvalue weighted by atomic mass is 16.1. The van der Waals surface area contributed by atoms with Gasteiger partial charge >= 0.3 is 0 Å². The molecular weight excluding hydrogens is 262 g/mol. The smallest absolute Gasteiger partial charge is 0.220 e. The predicted molar refractivity (Wildman–Crippen MR) is 80.4 cm³/mol. The van der Waals surface area contributed by atoms with Crippen LogP contribution in [-0.4, -0.2) is 15.5 Å². The molecule has 0 spiro atoms. The number of imidazole rings is 1. The largest absolute Gasteiger partial charge is 0.369 e. The number of carbonyl (C=O) groups is 1. The van der Waals surface area contributed by atoms with Gasteiger partial charge in [-0.2, -0.15) is 0 Å². The average Bonchev–Trinajstić information content (AvgIpc) is 3.07. The fourth-order valence-electron chi connectivity index (χ4n) is 4.07. The van der Waals surface area contributed by atoms with Crippen LogP contribution in [0.15, 0.2) is 36.8 Å². The Labute approximate surface area is 124 Å². The lowest BCUT2D eigenvalue weighted by atomic mass is 9.76. The first-order valence-corrected chi connectivity index (χ1v) is 7.66. The lowest BCUT2D eigenvalue weighted by molar-refractivity contribution is -0.123. The molecule has 1 fully saturated rings. The molecule has 2 N–H and O–H groups in total. The van der Waals surface area contributed by atoms with Crippen LogP contribution in [0.1, 0.15) is 37.3 Å². The van der Waals surface area contributed by atoms with Gasteiger partial charge in [0.15, 0.2) is 0 Å². The number of fused-ring (bicyclic) bond motifs is 3. The Hall–Kier alpha value is -2.10. The van der Waals surface area contributed by atoms with Crippen LogP contribution in [0.5, 0.6) is 0 Å². The molecule has 1 amide bonds. The van der Waals surface area contributed by atoms with Gasteiger partial charge in [0, 0.05) is 11.5 Å². The Bertz CT molecular complexity index is 683. The van der Waals surface area contributed by atoms with E-state index in [9.17, 15) is 4.79 Å². The molecule has 4 nitrogen and oxygen atoms in total. The van der Waals surface area contributed by atoms with Gasteiger partial charge in [0.05, 0.1) is 24.3 Å². The van der Waals surface area contributed by atoms with Crippen LogP contribution in [0, 0.1) is 11.8 Å². The van der Waals surface area contributed by atoms with Gasteiger partial charge in [-0.15, -0.1) is 0 Å². The van der Waals surface area contributed by atoms with Gasteiger partial charge in [0.1, 0.15) is 0 Å². The number of nitrogens with two attached hydrogens (primary N) is 1. The third-order valence-electron chi connectivity index (χ3n) is 5.14. The number of primary amides is 1. The Balaban J connectivity index is 1.66. The fourth-order valence-corrected chi connectivity index (χ4v) is 4.07. The van der Waals surface area contributed by atoms with Crippen molar-refractivity contribution in [3.05, 3.63) is 42.4 Å². The summed E-state index contributed by atoms with van der Waals surface area (Å²) in [5, 5.41) is 0. The van der Waals surface area contributed by atoms with Crippen molar-refractivity contribution in [2.45, 2.75) is 31.7 Å². The molecule has 4 heteroatoms. The van der Waals surface area contributed by atoms with Crippen molar-refractivity contribution in [2.24, 2.45) is 17.6 Å². The van der Waals surface area contributed by atoms with Crippen LogP contribution in [-0.2, 0) is 4.79 Å². The van der Waals surface area contributed by atoms with E-state index in [1.807, 2.05) is 12.5 Å². The van der Waals surface area contributed by atoms with E-state index in [0.717, 1.165) is 25.7 Å². The summed E-state index contributed by atoms with van der Waals surface area (Å²) in [6.07, 6.45) is 7.86. The molecule has 4 rings (SSSR count). The molecule has 1 aromatic heterocycles. The summed E-state index contributed by atoms with van der Waals surface area (Å²) in [6, 6.07) is 8.97. The third-order valence-corrected chi connectivity index (χ3v) is 5.14. The Kier molecular flexibility index (Phi) is 2.84. The first-order valence-electron chi connectivity index (χ1n) is 7.66. The molecule has 0 saturated heterocycles.